The maximum atomic E-state index is 10.2. The summed E-state index contributed by atoms with van der Waals surface area (Å²) in [6, 6.07) is 0. The van der Waals surface area contributed by atoms with Gasteiger partial charge in [0.25, 0.3) is 0 Å². The highest BCUT2D eigenvalue weighted by Gasteiger charge is 2.25. The van der Waals surface area contributed by atoms with Crippen LogP contribution in [0.25, 0.3) is 0 Å². The molecule has 11 nitrogen and oxygen atoms in total. The van der Waals surface area contributed by atoms with Gasteiger partial charge in [-0.2, -0.15) is 0 Å². The predicted molar refractivity (Wildman–Crippen MR) is 80.1 cm³/mol. The molecule has 0 radical (unpaired) electrons. The number of carboxylic acid groups (broad SMARTS) is 2. The van der Waals surface area contributed by atoms with E-state index in [1.54, 1.807) is 0 Å². The Labute approximate surface area is 138 Å². The number of aliphatic hydroxyl groups excluding tert-OH is 1. The Morgan fingerprint density at radius 2 is 1.33 bits per heavy atom. The number of carboxylic acids is 2. The zero-order valence-corrected chi connectivity index (χ0v) is 14.3. The Balaban J connectivity index is 0. The second kappa shape index (κ2) is 10.7. The molecular weight excluding hydrogens is 351 g/mol. The monoisotopic (exact) mass is 376 g/mol. The highest BCUT2D eigenvalue weighted by molar-refractivity contribution is 7.46. The van der Waals surface area contributed by atoms with Crippen LogP contribution in [-0.4, -0.2) is 71.7 Å². The second-order valence-corrected chi connectivity index (χ2v) is 6.92. The molecule has 2 atom stereocenters. The third-order valence-corrected chi connectivity index (χ3v) is 3.13. The van der Waals surface area contributed by atoms with Crippen LogP contribution in [0.1, 0.15) is 39.5 Å². The zero-order chi connectivity index (χ0) is 19.6. The lowest BCUT2D eigenvalue weighted by molar-refractivity contribution is -0.143. The molecule has 7 N–H and O–H groups in total. The number of phosphoric ester groups is 1. The Kier molecular flexibility index (Phi) is 11.2. The first-order chi connectivity index (χ1) is 10.6. The van der Waals surface area contributed by atoms with Gasteiger partial charge in [-0.15, -0.1) is 0 Å². The number of hydrogen-bond acceptors (Lipinski definition) is 7. The molecule has 0 aromatic rings. The normalized spacial score (nSPS) is 16.3. The van der Waals surface area contributed by atoms with Crippen molar-refractivity contribution in [3.63, 3.8) is 0 Å². The number of phosphoric acid groups is 1. The van der Waals surface area contributed by atoms with Gasteiger partial charge >= 0.3 is 19.8 Å². The molecule has 0 bridgehead atoms. The quantitative estimate of drug-likeness (QED) is 0.238. The van der Waals surface area contributed by atoms with E-state index in [4.69, 9.17) is 30.2 Å². The molecule has 12 heteroatoms. The van der Waals surface area contributed by atoms with Crippen molar-refractivity contribution >= 4 is 19.8 Å². The van der Waals surface area contributed by atoms with Gasteiger partial charge in [0.15, 0.2) is 0 Å². The van der Waals surface area contributed by atoms with Gasteiger partial charge in [0.2, 0.25) is 0 Å². The molecule has 0 heterocycles. The lowest BCUT2D eigenvalue weighted by atomic mass is 9.99. The molecule has 0 aliphatic carbocycles. The van der Waals surface area contributed by atoms with Crippen molar-refractivity contribution in [3.05, 3.63) is 0 Å². The van der Waals surface area contributed by atoms with Crippen LogP contribution in [0.4, 0.5) is 0 Å². The van der Waals surface area contributed by atoms with Gasteiger partial charge in [0.1, 0.15) is 0 Å². The molecule has 0 saturated heterocycles. The summed E-state index contributed by atoms with van der Waals surface area (Å²) in [6.45, 7) is 2.05. The molecule has 0 aromatic heterocycles. The first kappa shape index (κ1) is 25.2. The van der Waals surface area contributed by atoms with Crippen LogP contribution in [0.3, 0.4) is 0 Å². The molecule has 0 aliphatic heterocycles. The van der Waals surface area contributed by atoms with E-state index in [9.17, 15) is 19.3 Å². The minimum absolute atomic E-state index is 0.0965. The van der Waals surface area contributed by atoms with Crippen LogP contribution in [-0.2, 0) is 18.7 Å². The first-order valence-corrected chi connectivity index (χ1v) is 8.32. The van der Waals surface area contributed by atoms with E-state index < -0.39 is 44.0 Å². The van der Waals surface area contributed by atoms with Crippen LogP contribution in [0.2, 0.25) is 0 Å². The summed E-state index contributed by atoms with van der Waals surface area (Å²) in [5.74, 6) is -2.25. The fourth-order valence-corrected chi connectivity index (χ4v) is 1.78. The Morgan fingerprint density at radius 1 is 0.958 bits per heavy atom. The third-order valence-electron chi connectivity index (χ3n) is 2.61. The molecule has 144 valence electrons. The van der Waals surface area contributed by atoms with Crippen molar-refractivity contribution < 1.29 is 54.0 Å². The smallest absolute Gasteiger partial charge is 0.469 e. The van der Waals surface area contributed by atoms with Crippen LogP contribution in [0, 0.1) is 0 Å². The lowest BCUT2D eigenvalue weighted by Crippen LogP contribution is -2.29. The van der Waals surface area contributed by atoms with Crippen molar-refractivity contribution in [2.24, 2.45) is 0 Å². The van der Waals surface area contributed by atoms with Crippen LogP contribution >= 0.6 is 7.82 Å². The average molecular weight is 376 g/mol. The summed E-state index contributed by atoms with van der Waals surface area (Å²) in [7, 11) is -4.54. The average Bonchev–Trinajstić information content (AvgIpc) is 2.22. The standard InChI is InChI=1S/C6H13O7P.C6H12O4/c1-6(9,4-5(7)8)2-3-13-14(10,11)12;1-6(10,2-3-7)4-5(8)9/h9H,2-4H2,1H3,(H,7,8)(H2,10,11,12);7,10H,2-4H2,1H3,(H,8,9)/t2*6-/m11/s1. The summed E-state index contributed by atoms with van der Waals surface area (Å²) in [6.07, 6.45) is -0.894. The zero-order valence-electron chi connectivity index (χ0n) is 13.5. The van der Waals surface area contributed by atoms with E-state index in [1.165, 1.54) is 13.8 Å². The van der Waals surface area contributed by atoms with Crippen molar-refractivity contribution in [3.8, 4) is 0 Å². The molecule has 0 fully saturated rings. The summed E-state index contributed by atoms with van der Waals surface area (Å²) < 4.78 is 14.3. The van der Waals surface area contributed by atoms with Gasteiger partial charge in [-0.25, -0.2) is 4.57 Å². The molecule has 0 aromatic carbocycles. The summed E-state index contributed by atoms with van der Waals surface area (Å²) in [5.41, 5.74) is -2.80. The number of rotatable bonds is 10. The molecule has 0 spiro atoms. The van der Waals surface area contributed by atoms with Crippen LogP contribution in [0.15, 0.2) is 0 Å². The van der Waals surface area contributed by atoms with E-state index in [2.05, 4.69) is 4.52 Å². The summed E-state index contributed by atoms with van der Waals surface area (Å²) in [5, 5.41) is 43.5. The predicted octanol–water partition coefficient (Wildman–Crippen LogP) is -0.694. The van der Waals surface area contributed by atoms with Gasteiger partial charge in [0.05, 0.1) is 30.7 Å². The number of aliphatic hydroxyl groups is 3. The van der Waals surface area contributed by atoms with Crippen molar-refractivity contribution in [2.75, 3.05) is 13.2 Å². The topological polar surface area (TPSA) is 202 Å². The molecule has 24 heavy (non-hydrogen) atoms. The highest BCUT2D eigenvalue weighted by Crippen LogP contribution is 2.36. The summed E-state index contributed by atoms with van der Waals surface area (Å²) in [4.78, 5) is 36.8. The Morgan fingerprint density at radius 3 is 1.62 bits per heavy atom. The van der Waals surface area contributed by atoms with Gasteiger partial charge in [0, 0.05) is 13.0 Å². The molecular formula is C12H25O11P. The van der Waals surface area contributed by atoms with Crippen LogP contribution < -0.4 is 0 Å². The molecule has 0 amide bonds. The lowest BCUT2D eigenvalue weighted by Gasteiger charge is -2.20. The fourth-order valence-electron chi connectivity index (χ4n) is 1.45. The molecule has 0 aliphatic rings. The van der Waals surface area contributed by atoms with Crippen molar-refractivity contribution in [1.29, 1.82) is 0 Å². The van der Waals surface area contributed by atoms with E-state index in [0.29, 0.717) is 0 Å². The SMILES string of the molecule is C[C@@](O)(CCO)CC(=O)O.C[C@@](O)(CCOP(=O)(O)O)CC(=O)O. The molecule has 0 unspecified atom stereocenters. The number of aliphatic carboxylic acids is 2. The number of hydrogen-bond donors (Lipinski definition) is 7. The van der Waals surface area contributed by atoms with Crippen LogP contribution in [0.5, 0.6) is 0 Å². The van der Waals surface area contributed by atoms with E-state index in [0.717, 1.165) is 0 Å². The Hall–Kier alpha value is -1.07. The van der Waals surface area contributed by atoms with E-state index >= 15 is 0 Å². The van der Waals surface area contributed by atoms with Crippen molar-refractivity contribution in [1.82, 2.24) is 0 Å². The first-order valence-electron chi connectivity index (χ1n) is 6.79. The minimum atomic E-state index is -4.54. The second-order valence-electron chi connectivity index (χ2n) is 5.68. The van der Waals surface area contributed by atoms with Gasteiger partial charge in [-0.1, -0.05) is 0 Å². The maximum Gasteiger partial charge on any atom is 0.469 e. The Bertz CT molecular complexity index is 440. The fraction of sp³-hybridized carbons (Fsp3) is 0.833. The summed E-state index contributed by atoms with van der Waals surface area (Å²) >= 11 is 0. The van der Waals surface area contributed by atoms with Gasteiger partial charge in [-0.05, 0) is 20.3 Å². The minimum Gasteiger partial charge on any atom is -0.481 e. The van der Waals surface area contributed by atoms with Crippen molar-refractivity contribution in [2.45, 2.75) is 50.7 Å². The number of carbonyl (C=O) groups is 2. The largest absolute Gasteiger partial charge is 0.481 e. The molecule has 0 saturated carbocycles. The maximum absolute atomic E-state index is 10.2. The van der Waals surface area contributed by atoms with E-state index in [1.807, 2.05) is 0 Å². The van der Waals surface area contributed by atoms with Gasteiger partial charge in [-0.3, -0.25) is 14.1 Å². The molecule has 0 rings (SSSR count). The van der Waals surface area contributed by atoms with Gasteiger partial charge < -0.3 is 35.3 Å². The highest BCUT2D eigenvalue weighted by atomic mass is 31.2. The third kappa shape index (κ3) is 19.0. The van der Waals surface area contributed by atoms with E-state index in [-0.39, 0.29) is 25.9 Å².